The van der Waals surface area contributed by atoms with Crippen LogP contribution in [0.4, 0.5) is 0 Å². The van der Waals surface area contributed by atoms with Crippen LogP contribution in [0.5, 0.6) is 0 Å². The molecule has 0 aromatic carbocycles. The molecule has 120 valence electrons. The van der Waals surface area contributed by atoms with E-state index in [1.807, 2.05) is 0 Å². The largest absolute Gasteiger partial charge is 0.312 e. The Balaban J connectivity index is 2.84. The van der Waals surface area contributed by atoms with Gasteiger partial charge in [-0.2, -0.15) is 0 Å². The van der Waals surface area contributed by atoms with Crippen molar-refractivity contribution in [2.75, 3.05) is 19.6 Å². The van der Waals surface area contributed by atoms with E-state index in [1.54, 1.807) is 0 Å². The van der Waals surface area contributed by atoms with E-state index in [0.717, 1.165) is 25.6 Å². The van der Waals surface area contributed by atoms with Crippen molar-refractivity contribution in [1.29, 1.82) is 0 Å². The summed E-state index contributed by atoms with van der Waals surface area (Å²) in [6.07, 6.45) is 9.84. The quantitative estimate of drug-likeness (QED) is 0.662. The van der Waals surface area contributed by atoms with Crippen LogP contribution in [0.3, 0.4) is 0 Å². The monoisotopic (exact) mass is 282 g/mol. The number of rotatable bonds is 8. The molecular formula is C18H38N2. The Hall–Kier alpha value is -0.0800. The number of hydrogen-bond acceptors (Lipinski definition) is 2. The number of nitrogens with zero attached hydrogens (tertiary/aromatic N) is 1. The van der Waals surface area contributed by atoms with Crippen molar-refractivity contribution in [3.8, 4) is 0 Å². The normalized spacial score (nSPS) is 20.1. The summed E-state index contributed by atoms with van der Waals surface area (Å²) in [4.78, 5) is 2.64. The van der Waals surface area contributed by atoms with Crippen LogP contribution in [0.1, 0.15) is 79.6 Å². The van der Waals surface area contributed by atoms with Crippen LogP contribution >= 0.6 is 0 Å². The summed E-state index contributed by atoms with van der Waals surface area (Å²) in [6.45, 7) is 15.3. The summed E-state index contributed by atoms with van der Waals surface area (Å²) in [5.74, 6) is 0.861. The maximum absolute atomic E-state index is 3.91. The Kier molecular flexibility index (Phi) is 8.13. The van der Waals surface area contributed by atoms with E-state index < -0.39 is 0 Å². The summed E-state index contributed by atoms with van der Waals surface area (Å²) in [6, 6.07) is 0.639. The smallest absolute Gasteiger partial charge is 0.0308 e. The second-order valence-corrected chi connectivity index (χ2v) is 7.01. The van der Waals surface area contributed by atoms with E-state index in [2.05, 4.69) is 44.8 Å². The highest BCUT2D eigenvalue weighted by Crippen LogP contribution is 2.33. The van der Waals surface area contributed by atoms with Crippen molar-refractivity contribution in [3.63, 3.8) is 0 Å². The predicted octanol–water partition coefficient (Wildman–Crippen LogP) is 4.45. The summed E-state index contributed by atoms with van der Waals surface area (Å²) in [7, 11) is 0. The van der Waals surface area contributed by atoms with Gasteiger partial charge in [0.25, 0.3) is 0 Å². The second-order valence-electron chi connectivity index (χ2n) is 7.01. The number of hydrogen-bond donors (Lipinski definition) is 1. The number of likely N-dealkylation sites (N-methyl/N-ethyl adjacent to an activating group) is 1. The van der Waals surface area contributed by atoms with Crippen LogP contribution in [0, 0.1) is 5.92 Å². The van der Waals surface area contributed by atoms with Crippen LogP contribution in [-0.2, 0) is 0 Å². The SMILES string of the molecule is CCCNC(C1CCCCCC1)C(C)(C)N(CC)CC. The van der Waals surface area contributed by atoms with Crippen molar-refractivity contribution >= 4 is 0 Å². The average Bonchev–Trinajstić information content (AvgIpc) is 2.69. The van der Waals surface area contributed by atoms with Crippen LogP contribution in [0.25, 0.3) is 0 Å². The Morgan fingerprint density at radius 3 is 2.00 bits per heavy atom. The lowest BCUT2D eigenvalue weighted by Gasteiger charge is -2.47. The summed E-state index contributed by atoms with van der Waals surface area (Å²) in [5.41, 5.74) is 0.258. The molecule has 0 heterocycles. The molecule has 20 heavy (non-hydrogen) atoms. The summed E-state index contributed by atoms with van der Waals surface area (Å²) >= 11 is 0. The molecule has 0 aliphatic heterocycles. The highest BCUT2D eigenvalue weighted by atomic mass is 15.2. The van der Waals surface area contributed by atoms with Gasteiger partial charge in [-0.05, 0) is 58.7 Å². The van der Waals surface area contributed by atoms with Gasteiger partial charge in [-0.1, -0.05) is 46.5 Å². The van der Waals surface area contributed by atoms with Gasteiger partial charge in [-0.15, -0.1) is 0 Å². The molecule has 0 amide bonds. The van der Waals surface area contributed by atoms with Gasteiger partial charge in [0.1, 0.15) is 0 Å². The van der Waals surface area contributed by atoms with Crippen molar-refractivity contribution in [3.05, 3.63) is 0 Å². The summed E-state index contributed by atoms with van der Waals surface area (Å²) < 4.78 is 0. The van der Waals surface area contributed by atoms with E-state index in [4.69, 9.17) is 0 Å². The third kappa shape index (κ3) is 4.73. The average molecular weight is 283 g/mol. The van der Waals surface area contributed by atoms with Gasteiger partial charge < -0.3 is 5.32 Å². The van der Waals surface area contributed by atoms with E-state index in [-0.39, 0.29) is 5.54 Å². The molecule has 0 aromatic heterocycles. The van der Waals surface area contributed by atoms with Gasteiger partial charge in [0.2, 0.25) is 0 Å². The molecule has 1 N–H and O–H groups in total. The minimum Gasteiger partial charge on any atom is -0.312 e. The molecule has 0 bridgehead atoms. The van der Waals surface area contributed by atoms with Gasteiger partial charge in [0, 0.05) is 11.6 Å². The molecule has 0 spiro atoms. The van der Waals surface area contributed by atoms with E-state index in [9.17, 15) is 0 Å². The van der Waals surface area contributed by atoms with E-state index in [0.29, 0.717) is 6.04 Å². The molecule has 1 atom stereocenters. The highest BCUT2D eigenvalue weighted by Gasteiger charge is 2.38. The predicted molar refractivity (Wildman–Crippen MR) is 90.3 cm³/mol. The van der Waals surface area contributed by atoms with E-state index in [1.165, 1.54) is 44.9 Å². The third-order valence-corrected chi connectivity index (χ3v) is 5.33. The first kappa shape index (κ1) is 18.0. The fraction of sp³-hybridized carbons (Fsp3) is 1.00. The maximum atomic E-state index is 3.91. The molecule has 1 aliphatic carbocycles. The van der Waals surface area contributed by atoms with Crippen LogP contribution < -0.4 is 5.32 Å². The highest BCUT2D eigenvalue weighted by molar-refractivity contribution is 4.97. The Labute approximate surface area is 127 Å². The van der Waals surface area contributed by atoms with Gasteiger partial charge in [0.15, 0.2) is 0 Å². The topological polar surface area (TPSA) is 15.3 Å². The molecule has 1 saturated carbocycles. The van der Waals surface area contributed by atoms with Gasteiger partial charge in [0.05, 0.1) is 0 Å². The zero-order valence-corrected chi connectivity index (χ0v) is 14.7. The molecular weight excluding hydrogens is 244 g/mol. The molecule has 0 aromatic rings. The zero-order chi connectivity index (χ0) is 15.0. The fourth-order valence-corrected chi connectivity index (χ4v) is 4.17. The van der Waals surface area contributed by atoms with Crippen molar-refractivity contribution < 1.29 is 0 Å². The van der Waals surface area contributed by atoms with Crippen LogP contribution in [0.2, 0.25) is 0 Å². The first-order valence-corrected chi connectivity index (χ1v) is 9.06. The van der Waals surface area contributed by atoms with Crippen molar-refractivity contribution in [1.82, 2.24) is 10.2 Å². The lowest BCUT2D eigenvalue weighted by Crippen LogP contribution is -2.60. The molecule has 1 fully saturated rings. The van der Waals surface area contributed by atoms with Crippen LogP contribution in [0.15, 0.2) is 0 Å². The van der Waals surface area contributed by atoms with Crippen molar-refractivity contribution in [2.24, 2.45) is 5.92 Å². The van der Waals surface area contributed by atoms with Gasteiger partial charge in [-0.3, -0.25) is 4.90 Å². The standard InChI is InChI=1S/C18H38N2/c1-6-15-19-17(16-13-11-9-10-12-14-16)18(4,5)20(7-2)8-3/h16-17,19H,6-15H2,1-5H3. The molecule has 1 rings (SSSR count). The molecule has 1 unspecified atom stereocenters. The lowest BCUT2D eigenvalue weighted by molar-refractivity contribution is 0.0604. The zero-order valence-electron chi connectivity index (χ0n) is 14.7. The molecule has 0 radical (unpaired) electrons. The fourth-order valence-electron chi connectivity index (χ4n) is 4.17. The molecule has 0 saturated heterocycles. The first-order valence-electron chi connectivity index (χ1n) is 9.06. The lowest BCUT2D eigenvalue weighted by atomic mass is 9.79. The van der Waals surface area contributed by atoms with Gasteiger partial charge >= 0.3 is 0 Å². The van der Waals surface area contributed by atoms with Gasteiger partial charge in [-0.25, -0.2) is 0 Å². The minimum absolute atomic E-state index is 0.258. The third-order valence-electron chi connectivity index (χ3n) is 5.33. The second kappa shape index (κ2) is 9.04. The Morgan fingerprint density at radius 2 is 1.55 bits per heavy atom. The maximum Gasteiger partial charge on any atom is 0.0308 e. The summed E-state index contributed by atoms with van der Waals surface area (Å²) in [5, 5.41) is 3.91. The Morgan fingerprint density at radius 1 is 1.00 bits per heavy atom. The van der Waals surface area contributed by atoms with E-state index >= 15 is 0 Å². The minimum atomic E-state index is 0.258. The molecule has 2 heteroatoms. The molecule has 2 nitrogen and oxygen atoms in total. The number of nitrogens with one attached hydrogen (secondary N) is 1. The molecule has 1 aliphatic rings. The van der Waals surface area contributed by atoms with Crippen molar-refractivity contribution in [2.45, 2.75) is 91.1 Å². The van der Waals surface area contributed by atoms with Crippen LogP contribution in [-0.4, -0.2) is 36.1 Å². The first-order chi connectivity index (χ1) is 9.57. The Bertz CT molecular complexity index is 238.